The van der Waals surface area contributed by atoms with Gasteiger partial charge in [-0.05, 0) is 55.2 Å². The van der Waals surface area contributed by atoms with Gasteiger partial charge in [-0.1, -0.05) is 35.9 Å². The Balaban J connectivity index is 1.77. The third-order valence-corrected chi connectivity index (χ3v) is 4.25. The van der Waals surface area contributed by atoms with E-state index in [1.54, 1.807) is 7.05 Å². The summed E-state index contributed by atoms with van der Waals surface area (Å²) in [5, 5.41) is 6.35. The number of nitrogens with zero attached hydrogens (tertiary/aromatic N) is 1. The van der Waals surface area contributed by atoms with Crippen LogP contribution in [0.4, 0.5) is 10.5 Å². The monoisotopic (exact) mass is 373 g/mol. The van der Waals surface area contributed by atoms with Gasteiger partial charge < -0.3 is 15.5 Å². The Kier molecular flexibility index (Phi) is 7.04. The summed E-state index contributed by atoms with van der Waals surface area (Å²) in [7, 11) is 1.60. The van der Waals surface area contributed by atoms with Crippen molar-refractivity contribution >= 4 is 29.2 Å². The maximum absolute atomic E-state index is 12.2. The number of hydrogen-bond donors (Lipinski definition) is 2. The van der Waals surface area contributed by atoms with Crippen LogP contribution >= 0.6 is 11.6 Å². The van der Waals surface area contributed by atoms with Crippen molar-refractivity contribution in [3.05, 3.63) is 64.2 Å². The molecule has 0 spiro atoms. The third kappa shape index (κ3) is 6.08. The number of amides is 3. The van der Waals surface area contributed by atoms with E-state index in [2.05, 4.69) is 10.6 Å². The molecule has 2 N–H and O–H groups in total. The number of benzene rings is 2. The molecule has 138 valence electrons. The molecule has 0 aliphatic carbocycles. The molecule has 3 amide bonds. The average Bonchev–Trinajstić information content (AvgIpc) is 2.59. The fourth-order valence-corrected chi connectivity index (χ4v) is 2.57. The largest absolute Gasteiger partial charge is 0.338 e. The van der Waals surface area contributed by atoms with E-state index in [1.165, 1.54) is 4.90 Å². The van der Waals surface area contributed by atoms with Gasteiger partial charge in [0.15, 0.2) is 0 Å². The predicted molar refractivity (Wildman–Crippen MR) is 106 cm³/mol. The normalized spacial score (nSPS) is 10.3. The lowest BCUT2D eigenvalue weighted by Crippen LogP contribution is -2.42. The lowest BCUT2D eigenvalue weighted by atomic mass is 10.1. The molecule has 0 heterocycles. The van der Waals surface area contributed by atoms with Gasteiger partial charge in [0.25, 0.3) is 0 Å². The number of aryl methyl sites for hydroxylation is 2. The summed E-state index contributed by atoms with van der Waals surface area (Å²) in [4.78, 5) is 25.6. The maximum Gasteiger partial charge on any atom is 0.317 e. The molecule has 0 bridgehead atoms. The van der Waals surface area contributed by atoms with Crippen LogP contribution in [-0.2, 0) is 11.2 Å². The van der Waals surface area contributed by atoms with Crippen LogP contribution in [0.1, 0.15) is 16.7 Å². The van der Waals surface area contributed by atoms with Gasteiger partial charge in [-0.25, -0.2) is 4.79 Å². The van der Waals surface area contributed by atoms with Crippen LogP contribution in [0.3, 0.4) is 0 Å². The van der Waals surface area contributed by atoms with E-state index < -0.39 is 0 Å². The second-order valence-electron chi connectivity index (χ2n) is 6.33. The molecule has 26 heavy (non-hydrogen) atoms. The van der Waals surface area contributed by atoms with Crippen LogP contribution in [0.15, 0.2) is 42.5 Å². The molecule has 0 aromatic heterocycles. The highest BCUT2D eigenvalue weighted by atomic mass is 35.5. The molecule has 0 fully saturated rings. The van der Waals surface area contributed by atoms with Gasteiger partial charge in [0, 0.05) is 24.3 Å². The van der Waals surface area contributed by atoms with Crippen molar-refractivity contribution in [3.63, 3.8) is 0 Å². The van der Waals surface area contributed by atoms with Crippen LogP contribution in [0.25, 0.3) is 0 Å². The lowest BCUT2D eigenvalue weighted by Gasteiger charge is -2.18. The van der Waals surface area contributed by atoms with Crippen molar-refractivity contribution in [2.45, 2.75) is 20.3 Å². The van der Waals surface area contributed by atoms with Crippen molar-refractivity contribution in [1.82, 2.24) is 10.2 Å². The van der Waals surface area contributed by atoms with Crippen LogP contribution in [0.2, 0.25) is 5.02 Å². The average molecular weight is 374 g/mol. The minimum atomic E-state index is -0.282. The summed E-state index contributed by atoms with van der Waals surface area (Å²) in [6, 6.07) is 13.1. The molecule has 2 rings (SSSR count). The van der Waals surface area contributed by atoms with Crippen LogP contribution in [-0.4, -0.2) is 37.0 Å². The van der Waals surface area contributed by atoms with E-state index in [1.807, 2.05) is 56.3 Å². The first kappa shape index (κ1) is 19.8. The fourth-order valence-electron chi connectivity index (χ4n) is 2.45. The van der Waals surface area contributed by atoms with Crippen molar-refractivity contribution in [2.75, 3.05) is 25.5 Å². The summed E-state index contributed by atoms with van der Waals surface area (Å²) >= 11 is 5.85. The van der Waals surface area contributed by atoms with Gasteiger partial charge in [-0.2, -0.15) is 0 Å². The van der Waals surface area contributed by atoms with Gasteiger partial charge in [0.05, 0.1) is 0 Å². The van der Waals surface area contributed by atoms with Crippen molar-refractivity contribution < 1.29 is 9.59 Å². The number of nitrogens with one attached hydrogen (secondary N) is 2. The molecule has 2 aromatic rings. The molecule has 2 aromatic carbocycles. The Morgan fingerprint density at radius 2 is 1.77 bits per heavy atom. The van der Waals surface area contributed by atoms with Gasteiger partial charge in [-0.15, -0.1) is 0 Å². The fraction of sp³-hybridized carbons (Fsp3) is 0.300. The lowest BCUT2D eigenvalue weighted by molar-refractivity contribution is -0.116. The van der Waals surface area contributed by atoms with E-state index in [-0.39, 0.29) is 18.5 Å². The predicted octanol–water partition coefficient (Wildman–Crippen LogP) is 3.78. The quantitative estimate of drug-likeness (QED) is 0.809. The summed E-state index contributed by atoms with van der Waals surface area (Å²) in [6.07, 6.45) is 0.700. The summed E-state index contributed by atoms with van der Waals surface area (Å²) in [5.41, 5.74) is 3.91. The number of anilines is 1. The second kappa shape index (κ2) is 9.25. The number of hydrogen-bond acceptors (Lipinski definition) is 2. The molecule has 0 saturated heterocycles. The van der Waals surface area contributed by atoms with Gasteiger partial charge in [0.1, 0.15) is 6.54 Å². The highest BCUT2D eigenvalue weighted by Crippen LogP contribution is 2.16. The zero-order chi connectivity index (χ0) is 19.1. The maximum atomic E-state index is 12.2. The number of likely N-dealkylation sites (N-methyl/N-ethyl adjacent to an activating group) is 1. The molecule has 0 saturated carbocycles. The molecule has 0 radical (unpaired) electrons. The van der Waals surface area contributed by atoms with Crippen LogP contribution < -0.4 is 10.6 Å². The molecule has 0 aliphatic rings. The Morgan fingerprint density at radius 3 is 2.46 bits per heavy atom. The zero-order valence-electron chi connectivity index (χ0n) is 15.3. The molecule has 0 aliphatic heterocycles. The zero-order valence-corrected chi connectivity index (χ0v) is 16.1. The van der Waals surface area contributed by atoms with E-state index >= 15 is 0 Å². The summed E-state index contributed by atoms with van der Waals surface area (Å²) in [6.45, 7) is 4.38. The molecular weight excluding hydrogens is 350 g/mol. The number of halogens is 1. The molecule has 6 heteroatoms. The molecular formula is C20H24ClN3O2. The van der Waals surface area contributed by atoms with E-state index in [0.717, 1.165) is 22.4 Å². The Bertz CT molecular complexity index is 775. The summed E-state index contributed by atoms with van der Waals surface area (Å²) in [5.74, 6) is -0.228. The Morgan fingerprint density at radius 1 is 1.08 bits per heavy atom. The minimum Gasteiger partial charge on any atom is -0.338 e. The first-order valence-electron chi connectivity index (χ1n) is 8.45. The van der Waals surface area contributed by atoms with Crippen LogP contribution in [0.5, 0.6) is 0 Å². The molecule has 5 nitrogen and oxygen atoms in total. The topological polar surface area (TPSA) is 61.4 Å². The second-order valence-corrected chi connectivity index (χ2v) is 6.77. The number of carbonyl (C=O) groups excluding carboxylic acids is 2. The minimum absolute atomic E-state index is 0.0137. The smallest absolute Gasteiger partial charge is 0.317 e. The van der Waals surface area contributed by atoms with Crippen LogP contribution in [0, 0.1) is 13.8 Å². The standard InChI is InChI=1S/C20H24ClN3O2/c1-14-4-5-15(2)18(12-14)23-19(25)13-24(3)20(26)22-11-10-16-6-8-17(21)9-7-16/h4-9,12H,10-11,13H2,1-3H3,(H,22,26)(H,23,25). The van der Waals surface area contributed by atoms with Crippen molar-refractivity contribution in [1.29, 1.82) is 0 Å². The Labute approximate surface area is 159 Å². The van der Waals surface area contributed by atoms with E-state index in [0.29, 0.717) is 18.0 Å². The van der Waals surface area contributed by atoms with Gasteiger partial charge in [-0.3, -0.25) is 4.79 Å². The Hall–Kier alpha value is -2.53. The third-order valence-electron chi connectivity index (χ3n) is 4.00. The number of carbonyl (C=O) groups is 2. The van der Waals surface area contributed by atoms with E-state index in [4.69, 9.17) is 11.6 Å². The van der Waals surface area contributed by atoms with Crippen molar-refractivity contribution in [2.24, 2.45) is 0 Å². The SMILES string of the molecule is Cc1ccc(C)c(NC(=O)CN(C)C(=O)NCCc2ccc(Cl)cc2)c1. The van der Waals surface area contributed by atoms with Gasteiger partial charge in [0.2, 0.25) is 5.91 Å². The number of urea groups is 1. The first-order chi connectivity index (χ1) is 12.3. The molecule has 0 unspecified atom stereocenters. The highest BCUT2D eigenvalue weighted by molar-refractivity contribution is 6.30. The van der Waals surface area contributed by atoms with E-state index in [9.17, 15) is 9.59 Å². The number of rotatable bonds is 6. The van der Waals surface area contributed by atoms with Crippen molar-refractivity contribution in [3.8, 4) is 0 Å². The summed E-state index contributed by atoms with van der Waals surface area (Å²) < 4.78 is 0. The molecule has 0 atom stereocenters. The first-order valence-corrected chi connectivity index (χ1v) is 8.83. The van der Waals surface area contributed by atoms with Gasteiger partial charge >= 0.3 is 6.03 Å². The highest BCUT2D eigenvalue weighted by Gasteiger charge is 2.13.